The first kappa shape index (κ1) is 15.5. The Balaban J connectivity index is 2.19. The van der Waals surface area contributed by atoms with Crippen LogP contribution in [0.25, 0.3) is 0 Å². The van der Waals surface area contributed by atoms with Gasteiger partial charge in [0.15, 0.2) is 0 Å². The topological polar surface area (TPSA) is 49.4 Å². The standard InChI is InChI=1S/C17H24N2O2/c1-12(2)9-15-17(21)19(13(3)10-16(20)18-15)11-14-7-5-4-6-8-14/h4-8,12-13,15H,9-11H2,1-3H3,(H,18,20). The number of rotatable bonds is 4. The van der Waals surface area contributed by atoms with E-state index in [0.717, 1.165) is 5.56 Å². The first-order valence-corrected chi connectivity index (χ1v) is 7.61. The number of hydrogen-bond acceptors (Lipinski definition) is 2. The van der Waals surface area contributed by atoms with Gasteiger partial charge in [-0.2, -0.15) is 0 Å². The van der Waals surface area contributed by atoms with Gasteiger partial charge in [-0.1, -0.05) is 44.2 Å². The van der Waals surface area contributed by atoms with Crippen molar-refractivity contribution in [1.29, 1.82) is 0 Å². The zero-order valence-electron chi connectivity index (χ0n) is 13.0. The second-order valence-electron chi connectivity index (χ2n) is 6.25. The van der Waals surface area contributed by atoms with Gasteiger partial charge in [0.05, 0.1) is 0 Å². The van der Waals surface area contributed by atoms with Gasteiger partial charge in [-0.3, -0.25) is 9.59 Å². The van der Waals surface area contributed by atoms with E-state index in [-0.39, 0.29) is 17.9 Å². The van der Waals surface area contributed by atoms with Crippen molar-refractivity contribution in [3.63, 3.8) is 0 Å². The van der Waals surface area contributed by atoms with Gasteiger partial charge in [-0.25, -0.2) is 0 Å². The Kier molecular flexibility index (Phi) is 4.99. The lowest BCUT2D eigenvalue weighted by Crippen LogP contribution is -2.46. The molecule has 21 heavy (non-hydrogen) atoms. The van der Waals surface area contributed by atoms with E-state index in [4.69, 9.17) is 0 Å². The molecule has 2 unspecified atom stereocenters. The molecular weight excluding hydrogens is 264 g/mol. The van der Waals surface area contributed by atoms with Crippen molar-refractivity contribution in [2.24, 2.45) is 5.92 Å². The van der Waals surface area contributed by atoms with Gasteiger partial charge in [0.2, 0.25) is 11.8 Å². The van der Waals surface area contributed by atoms with Crippen molar-refractivity contribution in [1.82, 2.24) is 10.2 Å². The Bertz CT molecular complexity index is 499. The van der Waals surface area contributed by atoms with Crippen molar-refractivity contribution in [2.75, 3.05) is 0 Å². The molecule has 0 aliphatic carbocycles. The SMILES string of the molecule is CC(C)CC1NC(=O)CC(C)N(Cc2ccccc2)C1=O. The van der Waals surface area contributed by atoms with Crippen molar-refractivity contribution in [3.8, 4) is 0 Å². The van der Waals surface area contributed by atoms with E-state index in [9.17, 15) is 9.59 Å². The summed E-state index contributed by atoms with van der Waals surface area (Å²) in [7, 11) is 0. The minimum Gasteiger partial charge on any atom is -0.344 e. The van der Waals surface area contributed by atoms with Crippen molar-refractivity contribution in [2.45, 2.75) is 52.2 Å². The molecule has 2 amide bonds. The first-order chi connectivity index (χ1) is 9.97. The summed E-state index contributed by atoms with van der Waals surface area (Å²) in [5.74, 6) is 0.370. The van der Waals surface area contributed by atoms with Gasteiger partial charge < -0.3 is 10.2 Å². The number of carbonyl (C=O) groups is 2. The summed E-state index contributed by atoms with van der Waals surface area (Å²) in [6.07, 6.45) is 1.05. The molecule has 1 saturated heterocycles. The summed E-state index contributed by atoms with van der Waals surface area (Å²) >= 11 is 0. The van der Waals surface area contributed by atoms with Crippen LogP contribution in [0.3, 0.4) is 0 Å². The average molecular weight is 288 g/mol. The molecule has 0 bridgehead atoms. The quantitative estimate of drug-likeness (QED) is 0.924. The minimum atomic E-state index is -0.397. The molecule has 1 aromatic rings. The number of nitrogens with zero attached hydrogens (tertiary/aromatic N) is 1. The third-order valence-corrected chi connectivity index (χ3v) is 3.83. The molecule has 1 aliphatic rings. The van der Waals surface area contributed by atoms with Crippen molar-refractivity contribution < 1.29 is 9.59 Å². The molecular formula is C17H24N2O2. The molecule has 0 aromatic heterocycles. The van der Waals surface area contributed by atoms with Gasteiger partial charge in [0.1, 0.15) is 6.04 Å². The van der Waals surface area contributed by atoms with Gasteiger partial charge in [-0.15, -0.1) is 0 Å². The molecule has 4 heteroatoms. The number of amides is 2. The van der Waals surface area contributed by atoms with Crippen LogP contribution in [0.5, 0.6) is 0 Å². The maximum atomic E-state index is 12.8. The maximum absolute atomic E-state index is 12.8. The lowest BCUT2D eigenvalue weighted by molar-refractivity contribution is -0.136. The predicted octanol–water partition coefficient (Wildman–Crippen LogP) is 2.34. The summed E-state index contributed by atoms with van der Waals surface area (Å²) in [6, 6.07) is 9.45. The molecule has 1 fully saturated rings. The summed E-state index contributed by atoms with van der Waals surface area (Å²) in [4.78, 5) is 26.5. The van der Waals surface area contributed by atoms with Crippen LogP contribution in [0.4, 0.5) is 0 Å². The van der Waals surface area contributed by atoms with Crippen LogP contribution in [0, 0.1) is 5.92 Å². The zero-order valence-corrected chi connectivity index (χ0v) is 13.0. The highest BCUT2D eigenvalue weighted by molar-refractivity contribution is 5.90. The van der Waals surface area contributed by atoms with Crippen LogP contribution < -0.4 is 5.32 Å². The van der Waals surface area contributed by atoms with Crippen molar-refractivity contribution in [3.05, 3.63) is 35.9 Å². The lowest BCUT2D eigenvalue weighted by atomic mass is 10.0. The molecule has 1 heterocycles. The molecule has 4 nitrogen and oxygen atoms in total. The average Bonchev–Trinajstić information content (AvgIpc) is 2.51. The highest BCUT2D eigenvalue weighted by atomic mass is 16.2. The van der Waals surface area contributed by atoms with Gasteiger partial charge in [0.25, 0.3) is 0 Å². The van der Waals surface area contributed by atoms with E-state index in [1.807, 2.05) is 42.2 Å². The highest BCUT2D eigenvalue weighted by Gasteiger charge is 2.33. The summed E-state index contributed by atoms with van der Waals surface area (Å²) in [6.45, 7) is 6.63. The number of carbonyl (C=O) groups excluding carboxylic acids is 2. The Hall–Kier alpha value is -1.84. The van der Waals surface area contributed by atoms with Crippen LogP contribution in [0.1, 0.15) is 39.2 Å². The van der Waals surface area contributed by atoms with E-state index in [1.54, 1.807) is 0 Å². The lowest BCUT2D eigenvalue weighted by Gasteiger charge is -2.29. The Labute approximate surface area is 126 Å². The second-order valence-corrected chi connectivity index (χ2v) is 6.25. The van der Waals surface area contributed by atoms with E-state index >= 15 is 0 Å². The van der Waals surface area contributed by atoms with Gasteiger partial charge in [0, 0.05) is 19.0 Å². The number of nitrogens with one attached hydrogen (secondary N) is 1. The normalized spacial score (nSPS) is 23.1. The fourth-order valence-corrected chi connectivity index (χ4v) is 2.76. The monoisotopic (exact) mass is 288 g/mol. The third-order valence-electron chi connectivity index (χ3n) is 3.83. The van der Waals surface area contributed by atoms with Crippen LogP contribution >= 0.6 is 0 Å². The molecule has 114 valence electrons. The fraction of sp³-hybridized carbons (Fsp3) is 0.529. The van der Waals surface area contributed by atoms with Crippen LogP contribution in [0.2, 0.25) is 0 Å². The molecule has 0 saturated carbocycles. The molecule has 2 atom stereocenters. The van der Waals surface area contributed by atoms with E-state index in [0.29, 0.717) is 25.3 Å². The van der Waals surface area contributed by atoms with Gasteiger partial charge in [-0.05, 0) is 24.8 Å². The minimum absolute atomic E-state index is 0.0305. The third kappa shape index (κ3) is 4.06. The van der Waals surface area contributed by atoms with E-state index in [1.165, 1.54) is 0 Å². The Morgan fingerprint density at radius 2 is 1.90 bits per heavy atom. The molecule has 0 radical (unpaired) electrons. The highest BCUT2D eigenvalue weighted by Crippen LogP contribution is 2.18. The Morgan fingerprint density at radius 3 is 2.52 bits per heavy atom. The molecule has 1 aromatic carbocycles. The molecule has 1 aliphatic heterocycles. The van der Waals surface area contributed by atoms with Crippen LogP contribution in [0.15, 0.2) is 30.3 Å². The van der Waals surface area contributed by atoms with E-state index in [2.05, 4.69) is 19.2 Å². The summed E-state index contributed by atoms with van der Waals surface area (Å²) < 4.78 is 0. The Morgan fingerprint density at radius 1 is 1.24 bits per heavy atom. The van der Waals surface area contributed by atoms with Crippen LogP contribution in [-0.4, -0.2) is 28.8 Å². The molecule has 1 N–H and O–H groups in total. The molecule has 2 rings (SSSR count). The first-order valence-electron chi connectivity index (χ1n) is 7.61. The predicted molar refractivity (Wildman–Crippen MR) is 82.5 cm³/mol. The second kappa shape index (κ2) is 6.74. The largest absolute Gasteiger partial charge is 0.344 e. The number of benzene rings is 1. The van der Waals surface area contributed by atoms with E-state index < -0.39 is 6.04 Å². The smallest absolute Gasteiger partial charge is 0.245 e. The zero-order chi connectivity index (χ0) is 15.4. The summed E-state index contributed by atoms with van der Waals surface area (Å²) in [5.41, 5.74) is 1.09. The fourth-order valence-electron chi connectivity index (χ4n) is 2.76. The molecule has 0 spiro atoms. The van der Waals surface area contributed by atoms with Crippen molar-refractivity contribution >= 4 is 11.8 Å². The van der Waals surface area contributed by atoms with Gasteiger partial charge >= 0.3 is 0 Å². The maximum Gasteiger partial charge on any atom is 0.245 e. The number of hydrogen-bond donors (Lipinski definition) is 1. The summed E-state index contributed by atoms with van der Waals surface area (Å²) in [5, 5.41) is 2.88. The van der Waals surface area contributed by atoms with Crippen LogP contribution in [-0.2, 0) is 16.1 Å².